The van der Waals surface area contributed by atoms with Crippen LogP contribution in [0, 0.1) is 17.8 Å². The number of likely N-dealkylation sites (tertiary alicyclic amines) is 1. The van der Waals surface area contributed by atoms with Gasteiger partial charge in [0.25, 0.3) is 8.32 Å². The van der Waals surface area contributed by atoms with E-state index in [1.54, 1.807) is 24.3 Å². The molecule has 2 amide bonds. The lowest BCUT2D eigenvalue weighted by atomic mass is 9.55. The molecule has 4 atom stereocenters. The van der Waals surface area contributed by atoms with Gasteiger partial charge in [0.15, 0.2) is 0 Å². The highest BCUT2D eigenvalue weighted by molar-refractivity contribution is 6.99. The van der Waals surface area contributed by atoms with Crippen LogP contribution in [0.1, 0.15) is 58.6 Å². The van der Waals surface area contributed by atoms with Crippen molar-refractivity contribution < 1.29 is 28.8 Å². The Hall–Kier alpha value is -3.50. The molecule has 2 N–H and O–H groups in total. The predicted octanol–water partition coefficient (Wildman–Crippen LogP) is 4.78. The number of nitrogens with zero attached hydrogens (tertiary/aromatic N) is 1. The van der Waals surface area contributed by atoms with Gasteiger partial charge in [-0.1, -0.05) is 100 Å². The number of carbonyl (C=O) groups is 2. The number of rotatable bonds is 8. The van der Waals surface area contributed by atoms with Crippen LogP contribution in [0.3, 0.4) is 0 Å². The van der Waals surface area contributed by atoms with Crippen molar-refractivity contribution in [3.05, 3.63) is 102 Å². The Kier molecular flexibility index (Phi) is 8.65. The maximum Gasteiger partial charge on any atom is 0.487 e. The van der Waals surface area contributed by atoms with E-state index in [0.29, 0.717) is 31.3 Å². The summed E-state index contributed by atoms with van der Waals surface area (Å²) in [6.45, 7) is 9.25. The fourth-order valence-corrected chi connectivity index (χ4v) is 12.5. The van der Waals surface area contributed by atoms with Crippen LogP contribution < -0.4 is 10.4 Å². The number of benzene rings is 3. The Balaban J connectivity index is 1.43. The summed E-state index contributed by atoms with van der Waals surface area (Å²) < 4.78 is 13.5. The molecule has 45 heavy (non-hydrogen) atoms. The third kappa shape index (κ3) is 5.50. The molecule has 1 aliphatic carbocycles. The minimum atomic E-state index is -2.92. The Bertz CT molecular complexity index is 1530. The van der Waals surface area contributed by atoms with Crippen LogP contribution in [0.15, 0.2) is 96.0 Å². The van der Waals surface area contributed by atoms with Crippen molar-refractivity contribution in [1.82, 2.24) is 4.90 Å². The SMILES string of the molecule is CCCN1C(=O)[C@H]2[C@H](CC(CO[Si](c3ccccc3)(c3ccccc3)C(C)(C)C)=C3B(O)O[C@H](c4ccc(O)cc4)C[C@H]32)C1=O. The summed E-state index contributed by atoms with van der Waals surface area (Å²) in [5, 5.41) is 23.5. The normalized spacial score (nSPS) is 23.8. The first-order valence-electron chi connectivity index (χ1n) is 16.0. The smallest absolute Gasteiger partial charge is 0.487 e. The van der Waals surface area contributed by atoms with Gasteiger partial charge in [-0.2, -0.15) is 0 Å². The van der Waals surface area contributed by atoms with Crippen LogP contribution in [0.2, 0.25) is 5.04 Å². The fourth-order valence-electron chi connectivity index (χ4n) is 7.91. The zero-order chi connectivity index (χ0) is 31.9. The summed E-state index contributed by atoms with van der Waals surface area (Å²) in [6.07, 6.45) is 0.993. The summed E-state index contributed by atoms with van der Waals surface area (Å²) in [5.41, 5.74) is 2.34. The number of aromatic hydroxyl groups is 1. The molecular weight excluding hydrogens is 581 g/mol. The Morgan fingerprint density at radius 1 is 0.911 bits per heavy atom. The maximum absolute atomic E-state index is 13.8. The van der Waals surface area contributed by atoms with Crippen molar-refractivity contribution >= 4 is 37.6 Å². The molecule has 2 heterocycles. The van der Waals surface area contributed by atoms with E-state index in [-0.39, 0.29) is 35.1 Å². The minimum Gasteiger partial charge on any atom is -0.508 e. The van der Waals surface area contributed by atoms with Gasteiger partial charge in [-0.05, 0) is 69.3 Å². The Morgan fingerprint density at radius 2 is 1.51 bits per heavy atom. The number of allylic oxidation sites excluding steroid dienone is 1. The molecule has 7 nitrogen and oxygen atoms in total. The van der Waals surface area contributed by atoms with E-state index in [9.17, 15) is 19.7 Å². The van der Waals surface area contributed by atoms with E-state index >= 15 is 0 Å². The number of hydrogen-bond donors (Lipinski definition) is 2. The van der Waals surface area contributed by atoms with Crippen LogP contribution in [-0.4, -0.2) is 55.4 Å². The van der Waals surface area contributed by atoms with Gasteiger partial charge in [-0.25, -0.2) is 0 Å². The lowest BCUT2D eigenvalue weighted by Crippen LogP contribution is -2.66. The highest BCUT2D eigenvalue weighted by atomic mass is 28.4. The van der Waals surface area contributed by atoms with Gasteiger partial charge in [-0.3, -0.25) is 14.5 Å². The number of fused-ring (bicyclic) bond motifs is 3. The molecule has 2 saturated heterocycles. The molecule has 0 bridgehead atoms. The Labute approximate surface area is 267 Å². The Morgan fingerprint density at radius 3 is 2.07 bits per heavy atom. The molecule has 2 aliphatic heterocycles. The average molecular weight is 624 g/mol. The van der Waals surface area contributed by atoms with E-state index in [0.717, 1.165) is 21.5 Å². The number of phenols is 1. The van der Waals surface area contributed by atoms with Gasteiger partial charge in [0.1, 0.15) is 5.75 Å². The van der Waals surface area contributed by atoms with Gasteiger partial charge in [0.05, 0.1) is 24.5 Å². The van der Waals surface area contributed by atoms with Crippen molar-refractivity contribution in [3.8, 4) is 5.75 Å². The second-order valence-corrected chi connectivity index (χ2v) is 17.9. The molecule has 3 aliphatic rings. The highest BCUT2D eigenvalue weighted by Crippen LogP contribution is 2.52. The van der Waals surface area contributed by atoms with E-state index < -0.39 is 33.4 Å². The molecule has 0 radical (unpaired) electrons. The summed E-state index contributed by atoms with van der Waals surface area (Å²) in [5.74, 6) is -1.56. The molecule has 3 aromatic carbocycles. The molecule has 0 spiro atoms. The van der Waals surface area contributed by atoms with E-state index in [1.165, 1.54) is 4.90 Å². The lowest BCUT2D eigenvalue weighted by Gasteiger charge is -2.45. The maximum atomic E-state index is 13.8. The molecule has 0 saturated carbocycles. The number of hydrogen-bond acceptors (Lipinski definition) is 6. The topological polar surface area (TPSA) is 96.3 Å². The summed E-state index contributed by atoms with van der Waals surface area (Å²) >= 11 is 0. The van der Waals surface area contributed by atoms with Crippen LogP contribution >= 0.6 is 0 Å². The molecule has 0 aromatic heterocycles. The average Bonchev–Trinajstić information content (AvgIpc) is 3.26. The van der Waals surface area contributed by atoms with Crippen molar-refractivity contribution in [3.63, 3.8) is 0 Å². The number of amides is 2. The van der Waals surface area contributed by atoms with Crippen LogP contribution in [0.4, 0.5) is 0 Å². The highest BCUT2D eigenvalue weighted by Gasteiger charge is 2.58. The predicted molar refractivity (Wildman–Crippen MR) is 177 cm³/mol. The monoisotopic (exact) mass is 623 g/mol. The van der Waals surface area contributed by atoms with Gasteiger partial charge >= 0.3 is 7.12 Å². The van der Waals surface area contributed by atoms with Gasteiger partial charge in [0.2, 0.25) is 11.8 Å². The van der Waals surface area contributed by atoms with Crippen LogP contribution in [0.25, 0.3) is 0 Å². The standard InChI is InChI=1S/C36H42BNO6Si/c1-5-20-38-34(40)30-21-25(23-43-45(36(2,3)4,27-12-8-6-9-13-27)28-14-10-7-11-15-28)33-29(32(30)35(38)41)22-31(44-37(33)42)24-16-18-26(39)19-17-24/h6-19,29-32,39,42H,5,20-23H2,1-4H3/t29-,30-,31-,32+/m0/s1. The second-order valence-electron chi connectivity index (χ2n) is 13.6. The number of carbonyl (C=O) groups excluding carboxylic acids is 2. The van der Waals surface area contributed by atoms with Gasteiger partial charge in [0, 0.05) is 6.54 Å². The van der Waals surface area contributed by atoms with Crippen molar-refractivity contribution in [2.75, 3.05) is 13.2 Å². The van der Waals surface area contributed by atoms with Gasteiger partial charge in [-0.15, -0.1) is 0 Å². The number of imide groups is 1. The first kappa shape index (κ1) is 31.5. The lowest BCUT2D eigenvalue weighted by molar-refractivity contribution is -0.140. The minimum absolute atomic E-state index is 0.129. The molecule has 6 rings (SSSR count). The summed E-state index contributed by atoms with van der Waals surface area (Å²) in [4.78, 5) is 29.0. The first-order chi connectivity index (χ1) is 21.6. The van der Waals surface area contributed by atoms with Crippen molar-refractivity contribution in [1.29, 1.82) is 0 Å². The molecule has 9 heteroatoms. The summed E-state index contributed by atoms with van der Waals surface area (Å²) in [7, 11) is -4.16. The quantitative estimate of drug-likeness (QED) is 0.277. The molecule has 0 unspecified atom stereocenters. The van der Waals surface area contributed by atoms with Crippen LogP contribution in [0.5, 0.6) is 5.75 Å². The molecule has 2 fully saturated rings. The third-order valence-electron chi connectivity index (χ3n) is 9.89. The third-order valence-corrected chi connectivity index (χ3v) is 14.9. The largest absolute Gasteiger partial charge is 0.508 e. The van der Waals surface area contributed by atoms with E-state index in [1.807, 2.05) is 43.3 Å². The van der Waals surface area contributed by atoms with Gasteiger partial charge < -0.3 is 19.2 Å². The zero-order valence-corrected chi connectivity index (χ0v) is 27.5. The molecule has 3 aromatic rings. The fraction of sp³-hybridized carbons (Fsp3) is 0.389. The molecular formula is C36H42BNO6Si. The number of phenolic OH excluding ortho intramolecular Hbond substituents is 1. The summed E-state index contributed by atoms with van der Waals surface area (Å²) in [6, 6.07) is 27.5. The zero-order valence-electron chi connectivity index (χ0n) is 26.5. The van der Waals surface area contributed by atoms with E-state index in [4.69, 9.17) is 9.08 Å². The second kappa shape index (κ2) is 12.4. The van der Waals surface area contributed by atoms with Crippen molar-refractivity contribution in [2.45, 2.75) is 58.1 Å². The van der Waals surface area contributed by atoms with E-state index in [2.05, 4.69) is 45.0 Å². The molecule has 234 valence electrons. The van der Waals surface area contributed by atoms with Crippen molar-refractivity contribution in [2.24, 2.45) is 17.8 Å². The van der Waals surface area contributed by atoms with Crippen LogP contribution in [-0.2, 0) is 18.7 Å². The first-order valence-corrected chi connectivity index (χ1v) is 17.9.